The molecule has 1 aliphatic heterocycles. The van der Waals surface area contributed by atoms with E-state index in [2.05, 4.69) is 20.5 Å². The van der Waals surface area contributed by atoms with E-state index in [-0.39, 0.29) is 18.4 Å². The van der Waals surface area contributed by atoms with Gasteiger partial charge in [0.25, 0.3) is 0 Å². The molecule has 0 radical (unpaired) electrons. The fraction of sp³-hybridized carbons (Fsp3) is 0.158. The number of aromatic amines is 1. The zero-order valence-corrected chi connectivity index (χ0v) is 15.4. The number of hydrogen-bond donors (Lipinski definition) is 2. The molecule has 2 amide bonds. The smallest absolute Gasteiger partial charge is 0.244 e. The number of rotatable bonds is 4. The molecule has 2 N–H and O–H groups in total. The molecule has 8 heteroatoms. The van der Waals surface area contributed by atoms with E-state index in [0.717, 1.165) is 5.56 Å². The van der Waals surface area contributed by atoms with Crippen LogP contribution in [0, 0.1) is 0 Å². The molecule has 27 heavy (non-hydrogen) atoms. The number of amides is 2. The van der Waals surface area contributed by atoms with Crippen LogP contribution in [0.5, 0.6) is 0 Å². The zero-order valence-electron chi connectivity index (χ0n) is 14.5. The number of aromatic nitrogens is 3. The second-order valence-corrected chi connectivity index (χ2v) is 7.39. The highest BCUT2D eigenvalue weighted by molar-refractivity contribution is 8.00. The first-order chi connectivity index (χ1) is 13.1. The number of hydrogen-bond acceptors (Lipinski definition) is 5. The summed E-state index contributed by atoms with van der Waals surface area (Å²) in [5.41, 5.74) is 2.27. The lowest BCUT2D eigenvalue weighted by Crippen LogP contribution is -2.45. The summed E-state index contributed by atoms with van der Waals surface area (Å²) in [7, 11) is 0. The molecule has 2 heterocycles. The molecule has 7 nitrogen and oxygen atoms in total. The maximum atomic E-state index is 12.9. The Kier molecular flexibility index (Phi) is 4.64. The molecule has 1 aromatic heterocycles. The highest BCUT2D eigenvalue weighted by Crippen LogP contribution is 2.31. The second-order valence-electron chi connectivity index (χ2n) is 6.08. The normalized spacial score (nSPS) is 14.4. The molecule has 3 aromatic rings. The maximum Gasteiger partial charge on any atom is 0.244 e. The van der Waals surface area contributed by atoms with Crippen molar-refractivity contribution in [2.45, 2.75) is 17.3 Å². The topological polar surface area (TPSA) is 91.0 Å². The zero-order chi connectivity index (χ0) is 18.8. The van der Waals surface area contributed by atoms with Gasteiger partial charge in [-0.25, -0.2) is 4.98 Å². The molecule has 4 rings (SSSR count). The van der Waals surface area contributed by atoms with Gasteiger partial charge < -0.3 is 5.32 Å². The van der Waals surface area contributed by atoms with Crippen molar-refractivity contribution in [3.05, 3.63) is 54.6 Å². The van der Waals surface area contributed by atoms with E-state index < -0.39 is 5.25 Å². The second kappa shape index (κ2) is 7.24. The molecule has 136 valence electrons. The Morgan fingerprint density at radius 1 is 1.15 bits per heavy atom. The van der Waals surface area contributed by atoms with Crippen LogP contribution in [0.25, 0.3) is 11.4 Å². The van der Waals surface area contributed by atoms with Gasteiger partial charge in [-0.05, 0) is 19.1 Å². The predicted molar refractivity (Wildman–Crippen MR) is 105 cm³/mol. The van der Waals surface area contributed by atoms with Crippen molar-refractivity contribution in [2.75, 3.05) is 16.8 Å². The van der Waals surface area contributed by atoms with E-state index in [1.165, 1.54) is 16.7 Å². The number of carbonyl (C=O) groups excluding carboxylic acids is 2. The minimum absolute atomic E-state index is 0.00397. The van der Waals surface area contributed by atoms with Crippen LogP contribution in [0.1, 0.15) is 6.92 Å². The summed E-state index contributed by atoms with van der Waals surface area (Å²) in [6, 6.07) is 16.9. The largest absolute Gasteiger partial charge is 0.323 e. The fourth-order valence-electron chi connectivity index (χ4n) is 2.88. The van der Waals surface area contributed by atoms with Crippen molar-refractivity contribution in [1.82, 2.24) is 15.2 Å². The third-order valence-corrected chi connectivity index (χ3v) is 5.13. The van der Waals surface area contributed by atoms with E-state index in [0.29, 0.717) is 22.4 Å². The number of fused-ring (bicyclic) bond motifs is 1. The van der Waals surface area contributed by atoms with Gasteiger partial charge in [-0.3, -0.25) is 19.6 Å². The fourth-order valence-corrected chi connectivity index (χ4v) is 3.67. The molecule has 0 bridgehead atoms. The Labute approximate surface area is 160 Å². The summed E-state index contributed by atoms with van der Waals surface area (Å²) in [6.07, 6.45) is 0. The lowest BCUT2D eigenvalue weighted by atomic mass is 10.2. The van der Waals surface area contributed by atoms with Crippen LogP contribution in [0.3, 0.4) is 0 Å². The number of benzene rings is 2. The number of para-hydroxylation sites is 2. The molecular weight excluding hydrogens is 362 g/mol. The summed E-state index contributed by atoms with van der Waals surface area (Å²) >= 11 is 1.26. The Morgan fingerprint density at radius 2 is 1.89 bits per heavy atom. The maximum absolute atomic E-state index is 12.9. The Morgan fingerprint density at radius 3 is 2.70 bits per heavy atom. The van der Waals surface area contributed by atoms with Crippen LogP contribution in [0.15, 0.2) is 59.8 Å². The number of nitrogens with zero attached hydrogens (tertiary/aromatic N) is 3. The summed E-state index contributed by atoms with van der Waals surface area (Å²) in [5, 5.41) is 9.93. The van der Waals surface area contributed by atoms with Crippen LogP contribution in [-0.2, 0) is 9.59 Å². The lowest BCUT2D eigenvalue weighted by molar-refractivity contribution is -0.121. The first kappa shape index (κ1) is 17.3. The standard InChI is InChI=1S/C19H17N5O2S/c1-12(27-19-21-17(22-23-19)13-7-3-2-4-8-13)18(26)24-11-16(25)20-14-9-5-6-10-15(14)24/h2-10,12H,11H2,1H3,(H,20,25)(H,21,22,23)/t12-/m1/s1. The molecule has 1 atom stereocenters. The van der Waals surface area contributed by atoms with Gasteiger partial charge in [-0.1, -0.05) is 54.2 Å². The van der Waals surface area contributed by atoms with E-state index in [1.807, 2.05) is 48.5 Å². The van der Waals surface area contributed by atoms with Gasteiger partial charge in [0.2, 0.25) is 17.0 Å². The van der Waals surface area contributed by atoms with Crippen LogP contribution < -0.4 is 10.2 Å². The van der Waals surface area contributed by atoms with Crippen molar-refractivity contribution in [3.8, 4) is 11.4 Å². The summed E-state index contributed by atoms with van der Waals surface area (Å²) in [6.45, 7) is 1.80. The Balaban J connectivity index is 1.51. The van der Waals surface area contributed by atoms with Gasteiger partial charge in [-0.2, -0.15) is 0 Å². The molecule has 0 fully saturated rings. The third kappa shape index (κ3) is 3.56. The third-order valence-electron chi connectivity index (χ3n) is 4.18. The Bertz CT molecular complexity index is 989. The number of carbonyl (C=O) groups is 2. The molecule has 0 unspecified atom stereocenters. The number of anilines is 2. The van der Waals surface area contributed by atoms with Crippen LogP contribution in [0.4, 0.5) is 11.4 Å². The lowest BCUT2D eigenvalue weighted by Gasteiger charge is -2.30. The average Bonchev–Trinajstić information content (AvgIpc) is 3.16. The quantitative estimate of drug-likeness (QED) is 0.680. The van der Waals surface area contributed by atoms with Crippen LogP contribution >= 0.6 is 11.8 Å². The van der Waals surface area contributed by atoms with Gasteiger partial charge in [0.15, 0.2) is 5.82 Å². The van der Waals surface area contributed by atoms with Crippen LogP contribution in [0.2, 0.25) is 0 Å². The first-order valence-corrected chi connectivity index (χ1v) is 9.34. The van der Waals surface area contributed by atoms with Crippen molar-refractivity contribution >= 4 is 35.0 Å². The van der Waals surface area contributed by atoms with Gasteiger partial charge in [0.05, 0.1) is 16.6 Å². The minimum Gasteiger partial charge on any atom is -0.323 e. The van der Waals surface area contributed by atoms with Gasteiger partial charge in [0, 0.05) is 5.56 Å². The molecule has 0 aliphatic carbocycles. The highest BCUT2D eigenvalue weighted by atomic mass is 32.2. The molecule has 2 aromatic carbocycles. The summed E-state index contributed by atoms with van der Waals surface area (Å²) in [4.78, 5) is 30.9. The predicted octanol–water partition coefficient (Wildman–Crippen LogP) is 2.94. The van der Waals surface area contributed by atoms with Crippen molar-refractivity contribution in [1.29, 1.82) is 0 Å². The summed E-state index contributed by atoms with van der Waals surface area (Å²) in [5.74, 6) is 0.289. The number of H-pyrrole nitrogens is 1. The molecule has 0 saturated heterocycles. The Hall–Kier alpha value is -3.13. The van der Waals surface area contributed by atoms with E-state index in [1.54, 1.807) is 13.0 Å². The number of nitrogens with one attached hydrogen (secondary N) is 2. The van der Waals surface area contributed by atoms with Crippen molar-refractivity contribution < 1.29 is 9.59 Å². The van der Waals surface area contributed by atoms with Gasteiger partial charge >= 0.3 is 0 Å². The van der Waals surface area contributed by atoms with E-state index >= 15 is 0 Å². The molecule has 0 spiro atoms. The molecule has 1 aliphatic rings. The summed E-state index contributed by atoms with van der Waals surface area (Å²) < 4.78 is 0. The monoisotopic (exact) mass is 379 g/mol. The van der Waals surface area contributed by atoms with Gasteiger partial charge in [0.1, 0.15) is 6.54 Å². The van der Waals surface area contributed by atoms with E-state index in [4.69, 9.17) is 0 Å². The first-order valence-electron chi connectivity index (χ1n) is 8.46. The average molecular weight is 379 g/mol. The van der Waals surface area contributed by atoms with Gasteiger partial charge in [-0.15, -0.1) is 5.10 Å². The van der Waals surface area contributed by atoms with E-state index in [9.17, 15) is 9.59 Å². The van der Waals surface area contributed by atoms with Crippen LogP contribution in [-0.4, -0.2) is 38.8 Å². The number of thioether (sulfide) groups is 1. The highest BCUT2D eigenvalue weighted by Gasteiger charge is 2.30. The molecular formula is C19H17N5O2S. The SMILES string of the molecule is C[C@@H](Sc1n[nH]c(-c2ccccc2)n1)C(=O)N1CC(=O)Nc2ccccc21. The van der Waals surface area contributed by atoms with Crippen molar-refractivity contribution in [3.63, 3.8) is 0 Å². The minimum atomic E-state index is -0.441. The van der Waals surface area contributed by atoms with Crippen molar-refractivity contribution in [2.24, 2.45) is 0 Å². The molecule has 0 saturated carbocycles.